The van der Waals surface area contributed by atoms with Crippen LogP contribution in [0, 0.1) is 13.8 Å². The van der Waals surface area contributed by atoms with Crippen LogP contribution in [-0.2, 0) is 4.79 Å². The van der Waals surface area contributed by atoms with Crippen molar-refractivity contribution in [3.8, 4) is 0 Å². The highest BCUT2D eigenvalue weighted by atomic mass is 35.5. The Hall–Kier alpha value is -2.12. The summed E-state index contributed by atoms with van der Waals surface area (Å²) >= 11 is 7.53. The number of hydrogen-bond donors (Lipinski definition) is 2. The predicted molar refractivity (Wildman–Crippen MR) is 114 cm³/mol. The van der Waals surface area contributed by atoms with Gasteiger partial charge in [0.1, 0.15) is 0 Å². The lowest BCUT2D eigenvalue weighted by molar-refractivity contribution is -0.116. The SMILES string of the molecule is CCCSc1ncc(Cl)c(C(=O)NCCCC(=O)Nc2ccc(C)c(C)c2)n1. The fourth-order valence-electron chi connectivity index (χ4n) is 2.35. The van der Waals surface area contributed by atoms with Crippen LogP contribution in [0.5, 0.6) is 0 Å². The summed E-state index contributed by atoms with van der Waals surface area (Å²) < 4.78 is 0. The number of halogens is 1. The number of aromatic nitrogens is 2. The van der Waals surface area contributed by atoms with Crippen LogP contribution in [0.1, 0.15) is 47.8 Å². The largest absolute Gasteiger partial charge is 0.351 e. The average Bonchev–Trinajstić information content (AvgIpc) is 2.67. The molecule has 2 aromatic rings. The Balaban J connectivity index is 1.78. The lowest BCUT2D eigenvalue weighted by Crippen LogP contribution is -2.27. The Kier molecular flexibility index (Phi) is 8.73. The van der Waals surface area contributed by atoms with Crippen molar-refractivity contribution in [2.75, 3.05) is 17.6 Å². The molecular weight excluding hydrogens is 396 g/mol. The van der Waals surface area contributed by atoms with Gasteiger partial charge in [0.15, 0.2) is 10.9 Å². The smallest absolute Gasteiger partial charge is 0.271 e. The van der Waals surface area contributed by atoms with E-state index in [0.717, 1.165) is 23.4 Å². The van der Waals surface area contributed by atoms with Crippen LogP contribution in [-0.4, -0.2) is 34.1 Å². The molecule has 0 aliphatic carbocycles. The lowest BCUT2D eigenvalue weighted by atomic mass is 10.1. The van der Waals surface area contributed by atoms with Gasteiger partial charge in [-0.15, -0.1) is 0 Å². The van der Waals surface area contributed by atoms with Gasteiger partial charge in [-0.2, -0.15) is 0 Å². The molecule has 0 radical (unpaired) electrons. The molecule has 2 amide bonds. The molecule has 0 saturated carbocycles. The van der Waals surface area contributed by atoms with E-state index in [1.807, 2.05) is 32.0 Å². The maximum Gasteiger partial charge on any atom is 0.271 e. The molecule has 0 aliphatic heterocycles. The molecule has 150 valence electrons. The van der Waals surface area contributed by atoms with Crippen LogP contribution < -0.4 is 10.6 Å². The molecule has 1 aromatic carbocycles. The van der Waals surface area contributed by atoms with Crippen LogP contribution >= 0.6 is 23.4 Å². The Morgan fingerprint density at radius 1 is 1.21 bits per heavy atom. The number of hydrogen-bond acceptors (Lipinski definition) is 5. The number of nitrogens with zero attached hydrogens (tertiary/aromatic N) is 2. The monoisotopic (exact) mass is 420 g/mol. The van der Waals surface area contributed by atoms with E-state index in [1.165, 1.54) is 23.5 Å². The summed E-state index contributed by atoms with van der Waals surface area (Å²) in [5, 5.41) is 6.37. The Bertz CT molecular complexity index is 845. The first kappa shape index (κ1) is 22.2. The molecule has 0 saturated heterocycles. The van der Waals surface area contributed by atoms with Crippen molar-refractivity contribution in [2.24, 2.45) is 0 Å². The van der Waals surface area contributed by atoms with E-state index in [9.17, 15) is 9.59 Å². The second-order valence-corrected chi connectivity index (χ2v) is 7.87. The van der Waals surface area contributed by atoms with E-state index in [2.05, 4.69) is 27.5 Å². The summed E-state index contributed by atoms with van der Waals surface area (Å²) in [4.78, 5) is 32.7. The number of aryl methyl sites for hydroxylation is 2. The summed E-state index contributed by atoms with van der Waals surface area (Å²) in [6.45, 7) is 6.45. The number of amides is 2. The van der Waals surface area contributed by atoms with Crippen molar-refractivity contribution in [3.05, 3.63) is 46.2 Å². The number of benzene rings is 1. The number of thioether (sulfide) groups is 1. The van der Waals surface area contributed by atoms with E-state index >= 15 is 0 Å². The lowest BCUT2D eigenvalue weighted by Gasteiger charge is -2.09. The van der Waals surface area contributed by atoms with Crippen molar-refractivity contribution in [3.63, 3.8) is 0 Å². The first-order chi connectivity index (χ1) is 13.4. The van der Waals surface area contributed by atoms with E-state index < -0.39 is 0 Å². The minimum atomic E-state index is -0.361. The van der Waals surface area contributed by atoms with E-state index in [1.54, 1.807) is 0 Å². The number of carbonyl (C=O) groups is 2. The van der Waals surface area contributed by atoms with Crippen LogP contribution in [0.25, 0.3) is 0 Å². The topological polar surface area (TPSA) is 84.0 Å². The van der Waals surface area contributed by atoms with E-state index in [0.29, 0.717) is 24.5 Å². The van der Waals surface area contributed by atoms with E-state index in [-0.39, 0.29) is 22.5 Å². The zero-order chi connectivity index (χ0) is 20.5. The first-order valence-electron chi connectivity index (χ1n) is 9.21. The summed E-state index contributed by atoms with van der Waals surface area (Å²) in [5.74, 6) is 0.425. The second kappa shape index (κ2) is 11.0. The molecule has 1 aromatic heterocycles. The average molecular weight is 421 g/mol. The maximum atomic E-state index is 12.3. The Morgan fingerprint density at radius 2 is 2.00 bits per heavy atom. The zero-order valence-corrected chi connectivity index (χ0v) is 17.9. The standard InChI is InChI=1S/C20H25ClN4O2S/c1-4-10-28-20-23-12-16(21)18(25-20)19(27)22-9-5-6-17(26)24-15-8-7-13(2)14(3)11-15/h7-8,11-12H,4-6,9-10H2,1-3H3,(H,22,27)(H,24,26). The third-order valence-electron chi connectivity index (χ3n) is 4.03. The minimum absolute atomic E-state index is 0.0872. The summed E-state index contributed by atoms with van der Waals surface area (Å²) in [6.07, 6.45) is 3.26. The first-order valence-corrected chi connectivity index (χ1v) is 10.6. The quantitative estimate of drug-likeness (QED) is 0.357. The molecule has 8 heteroatoms. The summed E-state index contributed by atoms with van der Waals surface area (Å²) in [6, 6.07) is 5.80. The molecule has 0 aliphatic rings. The highest BCUT2D eigenvalue weighted by Gasteiger charge is 2.14. The molecular formula is C20H25ClN4O2S. The third-order valence-corrected chi connectivity index (χ3v) is 5.37. The number of carbonyl (C=O) groups excluding carboxylic acids is 2. The van der Waals surface area contributed by atoms with Crippen LogP contribution in [0.2, 0.25) is 5.02 Å². The molecule has 0 atom stereocenters. The third kappa shape index (κ3) is 6.80. The highest BCUT2D eigenvalue weighted by Crippen LogP contribution is 2.19. The molecule has 0 spiro atoms. The van der Waals surface area contributed by atoms with Crippen molar-refractivity contribution in [1.82, 2.24) is 15.3 Å². The Labute approximate surface area is 174 Å². The van der Waals surface area contributed by atoms with Crippen LogP contribution in [0.15, 0.2) is 29.6 Å². The van der Waals surface area contributed by atoms with Crippen LogP contribution in [0.4, 0.5) is 5.69 Å². The second-order valence-electron chi connectivity index (χ2n) is 6.40. The summed E-state index contributed by atoms with van der Waals surface area (Å²) in [5.41, 5.74) is 3.25. The fraction of sp³-hybridized carbons (Fsp3) is 0.400. The van der Waals surface area contributed by atoms with Gasteiger partial charge in [-0.3, -0.25) is 9.59 Å². The fourth-order valence-corrected chi connectivity index (χ4v) is 3.20. The van der Waals surface area contributed by atoms with E-state index in [4.69, 9.17) is 11.6 Å². The molecule has 0 bridgehead atoms. The minimum Gasteiger partial charge on any atom is -0.351 e. The van der Waals surface area contributed by atoms with Crippen molar-refractivity contribution in [1.29, 1.82) is 0 Å². The van der Waals surface area contributed by atoms with Gasteiger partial charge in [-0.05, 0) is 49.9 Å². The number of nitrogens with one attached hydrogen (secondary N) is 2. The molecule has 1 heterocycles. The highest BCUT2D eigenvalue weighted by molar-refractivity contribution is 7.99. The number of rotatable bonds is 9. The maximum absolute atomic E-state index is 12.3. The number of anilines is 1. The van der Waals surface area contributed by atoms with Gasteiger partial charge in [0.05, 0.1) is 11.2 Å². The molecule has 6 nitrogen and oxygen atoms in total. The van der Waals surface area contributed by atoms with Gasteiger partial charge in [0.2, 0.25) is 5.91 Å². The van der Waals surface area contributed by atoms with Gasteiger partial charge in [-0.25, -0.2) is 9.97 Å². The van der Waals surface area contributed by atoms with Crippen molar-refractivity contribution < 1.29 is 9.59 Å². The predicted octanol–water partition coefficient (Wildman–Crippen LogP) is 4.40. The van der Waals surface area contributed by atoms with Crippen molar-refractivity contribution >= 4 is 40.9 Å². The van der Waals surface area contributed by atoms with Gasteiger partial charge < -0.3 is 10.6 Å². The molecule has 2 N–H and O–H groups in total. The Morgan fingerprint density at radius 3 is 2.71 bits per heavy atom. The molecule has 2 rings (SSSR count). The molecule has 0 unspecified atom stereocenters. The van der Waals surface area contributed by atoms with Crippen molar-refractivity contribution in [2.45, 2.75) is 45.2 Å². The normalized spacial score (nSPS) is 10.6. The van der Waals surface area contributed by atoms with Gasteiger partial charge in [0, 0.05) is 24.4 Å². The molecule has 0 fully saturated rings. The van der Waals surface area contributed by atoms with Gasteiger partial charge in [-0.1, -0.05) is 36.4 Å². The molecule has 28 heavy (non-hydrogen) atoms. The zero-order valence-electron chi connectivity index (χ0n) is 16.3. The van der Waals surface area contributed by atoms with Gasteiger partial charge >= 0.3 is 0 Å². The van der Waals surface area contributed by atoms with Gasteiger partial charge in [0.25, 0.3) is 5.91 Å². The van der Waals surface area contributed by atoms with Crippen LogP contribution in [0.3, 0.4) is 0 Å². The summed E-state index contributed by atoms with van der Waals surface area (Å²) in [7, 11) is 0.